The summed E-state index contributed by atoms with van der Waals surface area (Å²) in [6.45, 7) is 3.08. The van der Waals surface area contributed by atoms with Gasteiger partial charge >= 0.3 is 0 Å². The Morgan fingerprint density at radius 3 is 3.00 bits per heavy atom. The molecule has 18 heavy (non-hydrogen) atoms. The molecular weight excluding hydrogens is 230 g/mol. The first-order valence-corrected chi connectivity index (χ1v) is 6.90. The fourth-order valence-corrected chi connectivity index (χ4v) is 2.68. The Morgan fingerprint density at radius 2 is 2.22 bits per heavy atom. The Labute approximate surface area is 108 Å². The van der Waals surface area contributed by atoms with Crippen LogP contribution in [-0.2, 0) is 17.8 Å². The van der Waals surface area contributed by atoms with Crippen molar-refractivity contribution in [1.29, 1.82) is 0 Å². The summed E-state index contributed by atoms with van der Waals surface area (Å²) >= 11 is 0. The number of nitrogens with one attached hydrogen (secondary N) is 1. The summed E-state index contributed by atoms with van der Waals surface area (Å²) in [5.41, 5.74) is 0. The second-order valence-corrected chi connectivity index (χ2v) is 4.89. The number of nitrogens with zero attached hydrogens (tertiary/aromatic N) is 2. The molecule has 1 aromatic heterocycles. The molecule has 1 aliphatic carbocycles. The molecule has 1 aromatic rings. The van der Waals surface area contributed by atoms with Crippen LogP contribution in [0.5, 0.6) is 0 Å². The lowest BCUT2D eigenvalue weighted by Crippen LogP contribution is -2.37. The molecule has 1 saturated carbocycles. The molecule has 0 bridgehead atoms. The Bertz CT molecular complexity index is 354. The number of aromatic nitrogens is 2. The van der Waals surface area contributed by atoms with E-state index in [0.717, 1.165) is 12.3 Å². The van der Waals surface area contributed by atoms with Gasteiger partial charge in [-0.25, -0.2) is 0 Å². The van der Waals surface area contributed by atoms with Crippen molar-refractivity contribution in [2.24, 2.45) is 5.92 Å². The normalized spacial score (nSPS) is 24.3. The van der Waals surface area contributed by atoms with Gasteiger partial charge in [-0.15, -0.1) is 0 Å². The minimum absolute atomic E-state index is 0.445. The second kappa shape index (κ2) is 6.85. The zero-order valence-electron chi connectivity index (χ0n) is 11.3. The van der Waals surface area contributed by atoms with E-state index in [-0.39, 0.29) is 0 Å². The number of rotatable bonds is 6. The number of hydrogen-bond donors (Lipinski definition) is 1. The molecule has 0 saturated heterocycles. The molecule has 0 radical (unpaired) electrons. The van der Waals surface area contributed by atoms with E-state index in [1.807, 2.05) is 14.0 Å². The van der Waals surface area contributed by atoms with Crippen molar-refractivity contribution in [3.8, 4) is 0 Å². The van der Waals surface area contributed by atoms with E-state index in [1.54, 1.807) is 0 Å². The van der Waals surface area contributed by atoms with Gasteiger partial charge in [0.15, 0.2) is 5.82 Å². The Kier molecular flexibility index (Phi) is 5.13. The Hall–Kier alpha value is -0.940. The zero-order valence-corrected chi connectivity index (χ0v) is 11.3. The molecule has 0 amide bonds. The summed E-state index contributed by atoms with van der Waals surface area (Å²) in [5, 5.41) is 7.34. The summed E-state index contributed by atoms with van der Waals surface area (Å²) in [7, 11) is 2.04. The molecule has 2 unspecified atom stereocenters. The van der Waals surface area contributed by atoms with E-state index in [4.69, 9.17) is 9.26 Å². The quantitative estimate of drug-likeness (QED) is 0.839. The van der Waals surface area contributed by atoms with Gasteiger partial charge in [0.2, 0.25) is 5.89 Å². The van der Waals surface area contributed by atoms with Crippen LogP contribution in [0.4, 0.5) is 0 Å². The topological polar surface area (TPSA) is 60.2 Å². The van der Waals surface area contributed by atoms with Crippen molar-refractivity contribution in [2.45, 2.75) is 51.7 Å². The smallest absolute Gasteiger partial charge is 0.227 e. The lowest BCUT2D eigenvalue weighted by Gasteiger charge is -2.30. The van der Waals surface area contributed by atoms with E-state index in [9.17, 15) is 0 Å². The lowest BCUT2D eigenvalue weighted by molar-refractivity contribution is 0.126. The number of ether oxygens (including phenoxy) is 1. The predicted molar refractivity (Wildman–Crippen MR) is 68.1 cm³/mol. The van der Waals surface area contributed by atoms with Crippen LogP contribution >= 0.6 is 0 Å². The minimum atomic E-state index is 0.445. The van der Waals surface area contributed by atoms with Gasteiger partial charge < -0.3 is 14.6 Å². The Balaban J connectivity index is 1.89. The van der Waals surface area contributed by atoms with Crippen LogP contribution in [0.15, 0.2) is 4.52 Å². The van der Waals surface area contributed by atoms with E-state index in [2.05, 4.69) is 15.5 Å². The summed E-state index contributed by atoms with van der Waals surface area (Å²) in [6, 6.07) is 0.584. The lowest BCUT2D eigenvalue weighted by atomic mass is 9.82. The zero-order chi connectivity index (χ0) is 12.8. The molecule has 0 aliphatic heterocycles. The predicted octanol–water partition coefficient (Wildman–Crippen LogP) is 1.93. The highest BCUT2D eigenvalue weighted by Crippen LogP contribution is 2.26. The first kappa shape index (κ1) is 13.5. The molecule has 2 atom stereocenters. The number of hydrogen-bond acceptors (Lipinski definition) is 5. The van der Waals surface area contributed by atoms with Gasteiger partial charge in [-0.2, -0.15) is 4.98 Å². The van der Waals surface area contributed by atoms with Crippen molar-refractivity contribution in [1.82, 2.24) is 15.5 Å². The molecule has 1 heterocycles. The molecule has 5 nitrogen and oxygen atoms in total. The minimum Gasteiger partial charge on any atom is -0.374 e. The molecular formula is C13H23N3O2. The van der Waals surface area contributed by atoms with Crippen molar-refractivity contribution in [3.05, 3.63) is 11.7 Å². The van der Waals surface area contributed by atoms with Crippen LogP contribution in [0.25, 0.3) is 0 Å². The summed E-state index contributed by atoms with van der Waals surface area (Å²) in [5.74, 6) is 2.02. The van der Waals surface area contributed by atoms with Gasteiger partial charge in [0.1, 0.15) is 6.61 Å². The first-order chi connectivity index (χ1) is 8.83. The molecule has 1 fully saturated rings. The van der Waals surface area contributed by atoms with Crippen LogP contribution in [0.1, 0.15) is 44.3 Å². The molecule has 102 valence electrons. The molecule has 1 N–H and O–H groups in total. The summed E-state index contributed by atoms with van der Waals surface area (Å²) in [6.07, 6.45) is 6.00. The van der Waals surface area contributed by atoms with E-state index < -0.39 is 0 Å². The van der Waals surface area contributed by atoms with Crippen molar-refractivity contribution < 1.29 is 9.26 Å². The van der Waals surface area contributed by atoms with Crippen LogP contribution in [0, 0.1) is 5.92 Å². The maximum atomic E-state index is 5.29. The SMILES string of the molecule is CCOCc1noc(CC2CCCCC2NC)n1. The van der Waals surface area contributed by atoms with Gasteiger partial charge in [0, 0.05) is 19.1 Å². The maximum Gasteiger partial charge on any atom is 0.227 e. The van der Waals surface area contributed by atoms with E-state index in [1.165, 1.54) is 25.7 Å². The standard InChI is InChI=1S/C13H23N3O2/c1-3-17-9-12-15-13(18-16-12)8-10-6-4-5-7-11(10)14-2/h10-11,14H,3-9H2,1-2H3. The third-order valence-corrected chi connectivity index (χ3v) is 3.66. The molecule has 2 rings (SSSR count). The largest absolute Gasteiger partial charge is 0.374 e. The van der Waals surface area contributed by atoms with Gasteiger partial charge in [0.25, 0.3) is 0 Å². The van der Waals surface area contributed by atoms with Crippen LogP contribution in [0.2, 0.25) is 0 Å². The van der Waals surface area contributed by atoms with Crippen molar-refractivity contribution in [2.75, 3.05) is 13.7 Å². The van der Waals surface area contributed by atoms with E-state index >= 15 is 0 Å². The Morgan fingerprint density at radius 1 is 1.39 bits per heavy atom. The van der Waals surface area contributed by atoms with Crippen molar-refractivity contribution in [3.63, 3.8) is 0 Å². The first-order valence-electron chi connectivity index (χ1n) is 6.90. The fraction of sp³-hybridized carbons (Fsp3) is 0.846. The van der Waals surface area contributed by atoms with Gasteiger partial charge in [-0.3, -0.25) is 0 Å². The second-order valence-electron chi connectivity index (χ2n) is 4.89. The fourth-order valence-electron chi connectivity index (χ4n) is 2.68. The maximum absolute atomic E-state index is 5.29. The third kappa shape index (κ3) is 3.53. The third-order valence-electron chi connectivity index (χ3n) is 3.66. The van der Waals surface area contributed by atoms with Crippen LogP contribution in [0.3, 0.4) is 0 Å². The van der Waals surface area contributed by atoms with Gasteiger partial charge in [0.05, 0.1) is 0 Å². The molecule has 0 spiro atoms. The van der Waals surface area contributed by atoms with Crippen molar-refractivity contribution >= 4 is 0 Å². The molecule has 0 aromatic carbocycles. The molecule has 1 aliphatic rings. The van der Waals surface area contributed by atoms with Gasteiger partial charge in [-0.05, 0) is 32.7 Å². The highest BCUT2D eigenvalue weighted by molar-refractivity contribution is 4.91. The average Bonchev–Trinajstić information content (AvgIpc) is 2.84. The highest BCUT2D eigenvalue weighted by Gasteiger charge is 2.25. The van der Waals surface area contributed by atoms with Crippen LogP contribution < -0.4 is 5.32 Å². The van der Waals surface area contributed by atoms with Crippen LogP contribution in [-0.4, -0.2) is 29.8 Å². The monoisotopic (exact) mass is 253 g/mol. The van der Waals surface area contributed by atoms with Gasteiger partial charge in [-0.1, -0.05) is 18.0 Å². The summed E-state index contributed by atoms with van der Waals surface area (Å²) in [4.78, 5) is 4.38. The summed E-state index contributed by atoms with van der Waals surface area (Å²) < 4.78 is 10.6. The molecule has 5 heteroatoms. The van der Waals surface area contributed by atoms with E-state index in [0.29, 0.717) is 31.0 Å². The highest BCUT2D eigenvalue weighted by atomic mass is 16.5. The average molecular weight is 253 g/mol.